The molecule has 0 aliphatic carbocycles. The maximum absolute atomic E-state index is 9.42. The van der Waals surface area contributed by atoms with Gasteiger partial charge in [0.15, 0.2) is 0 Å². The van der Waals surface area contributed by atoms with E-state index in [1.807, 2.05) is 32.3 Å². The molecule has 0 bridgehead atoms. The average Bonchev–Trinajstić information content (AvgIpc) is 3.24. The highest BCUT2D eigenvalue weighted by atomic mass is 32.2. The van der Waals surface area contributed by atoms with E-state index in [4.69, 9.17) is 0 Å². The number of benzene rings is 2. The van der Waals surface area contributed by atoms with Crippen LogP contribution in [-0.2, 0) is 5.41 Å². The van der Waals surface area contributed by atoms with Gasteiger partial charge in [0.25, 0.3) is 0 Å². The topological polar surface area (TPSA) is 61.6 Å². The van der Waals surface area contributed by atoms with Crippen LogP contribution < -0.4 is 4.72 Å². The summed E-state index contributed by atoms with van der Waals surface area (Å²) in [4.78, 5) is 10.1. The summed E-state index contributed by atoms with van der Waals surface area (Å²) in [6.07, 6.45) is 5.63. The predicted molar refractivity (Wildman–Crippen MR) is 121 cm³/mol. The lowest BCUT2D eigenvalue weighted by Crippen LogP contribution is -2.15. The van der Waals surface area contributed by atoms with E-state index in [1.165, 1.54) is 11.1 Å². The van der Waals surface area contributed by atoms with E-state index < -0.39 is 5.41 Å². The van der Waals surface area contributed by atoms with Crippen molar-refractivity contribution >= 4 is 22.9 Å². The van der Waals surface area contributed by atoms with Gasteiger partial charge < -0.3 is 0 Å². The molecule has 0 saturated heterocycles. The van der Waals surface area contributed by atoms with E-state index in [-0.39, 0.29) is 6.04 Å². The average molecular weight is 409 g/mol. The Morgan fingerprint density at radius 2 is 1.87 bits per heavy atom. The smallest absolute Gasteiger partial charge is 0.0766 e. The maximum Gasteiger partial charge on any atom is 0.0766 e. The van der Waals surface area contributed by atoms with Crippen LogP contribution in [0.1, 0.15) is 36.6 Å². The zero-order chi connectivity index (χ0) is 20.7. The van der Waals surface area contributed by atoms with Crippen molar-refractivity contribution in [1.29, 1.82) is 5.26 Å². The molecule has 0 radical (unpaired) electrons. The quantitative estimate of drug-likeness (QED) is 0.434. The number of fused-ring (bicyclic) bond motifs is 3. The third-order valence-electron chi connectivity index (χ3n) is 5.69. The first-order valence-corrected chi connectivity index (χ1v) is 10.7. The van der Waals surface area contributed by atoms with Gasteiger partial charge in [-0.15, -0.1) is 0 Å². The highest BCUT2D eigenvalue weighted by Gasteiger charge is 2.28. The molecule has 1 aliphatic heterocycles. The molecule has 146 valence electrons. The van der Waals surface area contributed by atoms with Crippen LogP contribution in [0, 0.1) is 11.3 Å². The van der Waals surface area contributed by atoms with Gasteiger partial charge in [-0.2, -0.15) is 5.26 Å². The molecule has 2 aromatic heterocycles. The van der Waals surface area contributed by atoms with Crippen molar-refractivity contribution in [2.45, 2.75) is 30.2 Å². The van der Waals surface area contributed by atoms with Gasteiger partial charge in [0.2, 0.25) is 0 Å². The zero-order valence-electron chi connectivity index (χ0n) is 16.8. The van der Waals surface area contributed by atoms with Crippen molar-refractivity contribution < 1.29 is 0 Å². The Morgan fingerprint density at radius 3 is 2.60 bits per heavy atom. The number of rotatable bonds is 3. The number of nitriles is 1. The van der Waals surface area contributed by atoms with Crippen LogP contribution in [0.3, 0.4) is 0 Å². The molecule has 1 atom stereocenters. The SMILES string of the molecule is CC(C)(C#N)c1ccc(C2NSc3cnc4ccc(-c5cccnc5)cc4c32)cc1. The molecular formula is C25H20N4S. The van der Waals surface area contributed by atoms with E-state index in [2.05, 4.69) is 69.3 Å². The fourth-order valence-corrected chi connectivity index (χ4v) is 4.80. The van der Waals surface area contributed by atoms with Gasteiger partial charge in [-0.3, -0.25) is 9.97 Å². The van der Waals surface area contributed by atoms with Crippen LogP contribution in [-0.4, -0.2) is 9.97 Å². The standard InChI is InChI=1S/C25H20N4S/c1-25(2,15-26)19-8-5-16(6-9-19)24-23-20-12-17(18-4-3-11-27-13-18)7-10-21(20)28-14-22(23)30-29-24/h3-14,24,29H,1-2H3. The second-order valence-electron chi connectivity index (χ2n) is 8.02. The molecule has 5 heteroatoms. The van der Waals surface area contributed by atoms with Crippen LogP contribution in [0.4, 0.5) is 0 Å². The minimum Gasteiger partial charge on any atom is -0.264 e. The molecule has 1 N–H and O–H groups in total. The van der Waals surface area contributed by atoms with Gasteiger partial charge in [-0.25, -0.2) is 4.72 Å². The number of pyridine rings is 2. The first-order chi connectivity index (χ1) is 14.6. The van der Waals surface area contributed by atoms with E-state index in [0.29, 0.717) is 0 Å². The molecule has 4 nitrogen and oxygen atoms in total. The van der Waals surface area contributed by atoms with Crippen molar-refractivity contribution in [3.8, 4) is 17.2 Å². The Kier molecular flexibility index (Phi) is 4.54. The van der Waals surface area contributed by atoms with Gasteiger partial charge in [-0.1, -0.05) is 36.4 Å². The Bertz CT molecular complexity index is 1270. The monoisotopic (exact) mass is 408 g/mol. The van der Waals surface area contributed by atoms with Crippen LogP contribution in [0.25, 0.3) is 22.0 Å². The van der Waals surface area contributed by atoms with E-state index >= 15 is 0 Å². The summed E-state index contributed by atoms with van der Waals surface area (Å²) in [5.74, 6) is 0. The molecule has 0 amide bonds. The number of nitrogens with zero attached hydrogens (tertiary/aromatic N) is 3. The lowest BCUT2D eigenvalue weighted by Gasteiger charge is -2.18. The van der Waals surface area contributed by atoms with Crippen LogP contribution in [0.15, 0.2) is 78.1 Å². The Hall–Kier alpha value is -3.20. The van der Waals surface area contributed by atoms with Crippen LogP contribution in [0.2, 0.25) is 0 Å². The highest BCUT2D eigenvalue weighted by molar-refractivity contribution is 7.97. The molecule has 0 saturated carbocycles. The Morgan fingerprint density at radius 1 is 1.03 bits per heavy atom. The number of hydrogen-bond donors (Lipinski definition) is 1. The third kappa shape index (κ3) is 3.15. The lowest BCUT2D eigenvalue weighted by atomic mass is 9.85. The summed E-state index contributed by atoms with van der Waals surface area (Å²) in [5.41, 5.74) is 6.17. The predicted octanol–water partition coefficient (Wildman–Crippen LogP) is 5.80. The number of hydrogen-bond acceptors (Lipinski definition) is 5. The Labute approximate surface area is 180 Å². The lowest BCUT2D eigenvalue weighted by molar-refractivity contribution is 0.685. The van der Waals surface area contributed by atoms with Crippen LogP contribution in [0.5, 0.6) is 0 Å². The summed E-state index contributed by atoms with van der Waals surface area (Å²) in [7, 11) is 0. The first kappa shape index (κ1) is 18.8. The normalized spacial score (nSPS) is 15.7. The molecule has 1 unspecified atom stereocenters. The van der Waals surface area contributed by atoms with Gasteiger partial charge in [0.1, 0.15) is 0 Å². The van der Waals surface area contributed by atoms with E-state index in [1.54, 1.807) is 18.1 Å². The van der Waals surface area contributed by atoms with Gasteiger partial charge >= 0.3 is 0 Å². The highest BCUT2D eigenvalue weighted by Crippen LogP contribution is 2.43. The minimum atomic E-state index is -0.496. The second-order valence-corrected chi connectivity index (χ2v) is 8.90. The molecule has 30 heavy (non-hydrogen) atoms. The second kappa shape index (κ2) is 7.24. The number of aromatic nitrogens is 2. The molecule has 0 spiro atoms. The summed E-state index contributed by atoms with van der Waals surface area (Å²) < 4.78 is 3.56. The van der Waals surface area contributed by atoms with Crippen molar-refractivity contribution in [1.82, 2.24) is 14.7 Å². The summed E-state index contributed by atoms with van der Waals surface area (Å²) in [6.45, 7) is 3.89. The molecule has 4 aromatic rings. The van der Waals surface area contributed by atoms with Crippen LogP contribution >= 0.6 is 11.9 Å². The van der Waals surface area contributed by atoms with Crippen molar-refractivity contribution in [3.05, 3.63) is 89.9 Å². The van der Waals surface area contributed by atoms with Gasteiger partial charge in [-0.05, 0) is 60.7 Å². The molecular weight excluding hydrogens is 388 g/mol. The molecule has 5 rings (SSSR count). The Balaban J connectivity index is 1.61. The molecule has 0 fully saturated rings. The van der Waals surface area contributed by atoms with E-state index in [9.17, 15) is 5.26 Å². The van der Waals surface area contributed by atoms with E-state index in [0.717, 1.165) is 32.5 Å². The molecule has 2 aromatic carbocycles. The summed E-state index contributed by atoms with van der Waals surface area (Å²) in [5, 5.41) is 10.6. The molecule has 1 aliphatic rings. The zero-order valence-corrected chi connectivity index (χ0v) is 17.6. The fourth-order valence-electron chi connectivity index (χ4n) is 3.86. The van der Waals surface area contributed by atoms with Gasteiger partial charge in [0.05, 0.1) is 23.0 Å². The third-order valence-corrected chi connectivity index (χ3v) is 6.59. The first-order valence-electron chi connectivity index (χ1n) is 9.84. The maximum atomic E-state index is 9.42. The summed E-state index contributed by atoms with van der Waals surface area (Å²) in [6, 6.07) is 21.2. The largest absolute Gasteiger partial charge is 0.264 e. The van der Waals surface area contributed by atoms with Crippen molar-refractivity contribution in [2.24, 2.45) is 0 Å². The van der Waals surface area contributed by atoms with Gasteiger partial charge in [0, 0.05) is 40.0 Å². The fraction of sp³-hybridized carbons (Fsp3) is 0.160. The minimum absolute atomic E-state index is 0.0684. The molecule has 3 heterocycles. The summed E-state index contributed by atoms with van der Waals surface area (Å²) >= 11 is 1.62. The van der Waals surface area contributed by atoms with Crippen molar-refractivity contribution in [3.63, 3.8) is 0 Å². The number of nitrogens with one attached hydrogen (secondary N) is 1. The van der Waals surface area contributed by atoms with Crippen molar-refractivity contribution in [2.75, 3.05) is 0 Å².